The summed E-state index contributed by atoms with van der Waals surface area (Å²) < 4.78 is 1.59. The fraction of sp³-hybridized carbons (Fsp3) is 0.160. The van der Waals surface area contributed by atoms with Crippen LogP contribution >= 0.6 is 23.2 Å². The van der Waals surface area contributed by atoms with Crippen molar-refractivity contribution in [1.82, 2.24) is 19.7 Å². The Morgan fingerprint density at radius 3 is 2.77 bits per heavy atom. The minimum atomic E-state index is -0.0947. The fourth-order valence-corrected chi connectivity index (χ4v) is 4.58. The zero-order valence-electron chi connectivity index (χ0n) is 18.7. The molecule has 0 spiro atoms. The lowest BCUT2D eigenvalue weighted by atomic mass is 10.0. The number of benzene rings is 2. The van der Waals surface area contributed by atoms with Crippen LogP contribution in [-0.4, -0.2) is 32.2 Å². The Kier molecular flexibility index (Phi) is 6.12. The predicted octanol–water partition coefficient (Wildman–Crippen LogP) is 4.93. The van der Waals surface area contributed by atoms with Crippen LogP contribution < -0.4 is 10.2 Å². The highest BCUT2D eigenvalue weighted by Crippen LogP contribution is 2.36. The van der Waals surface area contributed by atoms with Crippen molar-refractivity contribution in [2.75, 3.05) is 16.8 Å². The van der Waals surface area contributed by atoms with Gasteiger partial charge in [0.05, 0.1) is 29.6 Å². The molecular formula is C25H19Cl2N7O. The third kappa shape index (κ3) is 4.44. The molecular weight excluding hydrogens is 485 g/mol. The SMILES string of the molecule is Cn1ncc(Cl)c1Nc1nccc(-c2cc(C#N)c3c(c2)CCN3C(=O)Cc2ccccc2Cl)n1. The summed E-state index contributed by atoms with van der Waals surface area (Å²) in [6.07, 6.45) is 3.98. The molecule has 1 aliphatic rings. The molecule has 1 N–H and O–H groups in total. The van der Waals surface area contributed by atoms with Gasteiger partial charge in [-0.2, -0.15) is 10.4 Å². The van der Waals surface area contributed by atoms with Gasteiger partial charge in [-0.15, -0.1) is 0 Å². The highest BCUT2D eigenvalue weighted by molar-refractivity contribution is 6.33. The van der Waals surface area contributed by atoms with Crippen LogP contribution in [0.2, 0.25) is 10.0 Å². The molecule has 4 aromatic rings. The molecule has 0 fully saturated rings. The van der Waals surface area contributed by atoms with E-state index in [1.165, 1.54) is 6.20 Å². The van der Waals surface area contributed by atoms with Crippen LogP contribution in [-0.2, 0) is 24.7 Å². The Balaban J connectivity index is 1.45. The number of halogens is 2. The number of anilines is 3. The maximum atomic E-state index is 13.1. The van der Waals surface area contributed by atoms with E-state index in [1.54, 1.807) is 41.0 Å². The maximum Gasteiger partial charge on any atom is 0.231 e. The molecule has 10 heteroatoms. The van der Waals surface area contributed by atoms with Gasteiger partial charge in [0, 0.05) is 30.4 Å². The van der Waals surface area contributed by atoms with E-state index in [1.807, 2.05) is 24.3 Å². The van der Waals surface area contributed by atoms with E-state index in [0.717, 1.165) is 16.7 Å². The molecule has 0 saturated heterocycles. The lowest BCUT2D eigenvalue weighted by Gasteiger charge is -2.19. The first-order valence-corrected chi connectivity index (χ1v) is 11.6. The summed E-state index contributed by atoms with van der Waals surface area (Å²) in [6.45, 7) is 0.506. The zero-order valence-corrected chi connectivity index (χ0v) is 20.2. The highest BCUT2D eigenvalue weighted by atomic mass is 35.5. The normalized spacial score (nSPS) is 12.3. The summed E-state index contributed by atoms with van der Waals surface area (Å²) in [5.41, 5.74) is 4.17. The molecule has 3 heterocycles. The first-order valence-electron chi connectivity index (χ1n) is 10.8. The average Bonchev–Trinajstić information content (AvgIpc) is 3.44. The third-order valence-electron chi connectivity index (χ3n) is 5.86. The third-order valence-corrected chi connectivity index (χ3v) is 6.51. The van der Waals surface area contributed by atoms with Crippen molar-refractivity contribution >= 4 is 46.6 Å². The molecule has 35 heavy (non-hydrogen) atoms. The molecule has 2 aromatic heterocycles. The Labute approximate surface area is 211 Å². The molecule has 8 nitrogen and oxygen atoms in total. The van der Waals surface area contributed by atoms with E-state index in [-0.39, 0.29) is 12.3 Å². The van der Waals surface area contributed by atoms with Gasteiger partial charge in [-0.1, -0.05) is 41.4 Å². The summed E-state index contributed by atoms with van der Waals surface area (Å²) >= 11 is 12.4. The van der Waals surface area contributed by atoms with Gasteiger partial charge in [0.25, 0.3) is 0 Å². The number of amides is 1. The van der Waals surface area contributed by atoms with Gasteiger partial charge in [-0.25, -0.2) is 9.97 Å². The van der Waals surface area contributed by atoms with E-state index >= 15 is 0 Å². The summed E-state index contributed by atoms with van der Waals surface area (Å²) in [7, 11) is 1.76. The Morgan fingerprint density at radius 2 is 2.03 bits per heavy atom. The molecule has 0 unspecified atom stereocenters. The van der Waals surface area contributed by atoms with Gasteiger partial charge in [0.2, 0.25) is 11.9 Å². The second kappa shape index (κ2) is 9.37. The van der Waals surface area contributed by atoms with Crippen molar-refractivity contribution in [3.05, 3.63) is 81.6 Å². The van der Waals surface area contributed by atoms with Gasteiger partial charge in [0.15, 0.2) is 0 Å². The topological polar surface area (TPSA) is 99.7 Å². The molecule has 0 aliphatic carbocycles. The lowest BCUT2D eigenvalue weighted by molar-refractivity contribution is -0.117. The number of aryl methyl sites for hydroxylation is 1. The monoisotopic (exact) mass is 503 g/mol. The van der Waals surface area contributed by atoms with Gasteiger partial charge < -0.3 is 10.2 Å². The molecule has 1 amide bonds. The largest absolute Gasteiger partial charge is 0.310 e. The number of rotatable bonds is 5. The Hall–Kier alpha value is -3.93. The minimum Gasteiger partial charge on any atom is -0.310 e. The minimum absolute atomic E-state index is 0.0947. The number of carbonyl (C=O) groups is 1. The van der Waals surface area contributed by atoms with E-state index in [9.17, 15) is 10.1 Å². The van der Waals surface area contributed by atoms with E-state index in [4.69, 9.17) is 23.2 Å². The fourth-order valence-electron chi connectivity index (χ4n) is 4.17. The van der Waals surface area contributed by atoms with Crippen molar-refractivity contribution < 1.29 is 4.79 Å². The number of carbonyl (C=O) groups excluding carboxylic acids is 1. The van der Waals surface area contributed by atoms with Gasteiger partial charge in [-0.05, 0) is 41.8 Å². The number of hydrogen-bond acceptors (Lipinski definition) is 6. The van der Waals surface area contributed by atoms with E-state index in [2.05, 4.69) is 26.5 Å². The predicted molar refractivity (Wildman–Crippen MR) is 135 cm³/mol. The molecule has 2 aromatic carbocycles. The summed E-state index contributed by atoms with van der Waals surface area (Å²) in [4.78, 5) is 23.7. The first-order chi connectivity index (χ1) is 16.9. The van der Waals surface area contributed by atoms with E-state index in [0.29, 0.717) is 51.7 Å². The number of aromatic nitrogens is 4. The van der Waals surface area contributed by atoms with Crippen molar-refractivity contribution in [3.63, 3.8) is 0 Å². The highest BCUT2D eigenvalue weighted by Gasteiger charge is 2.29. The van der Waals surface area contributed by atoms with Crippen molar-refractivity contribution in [2.24, 2.45) is 7.05 Å². The molecule has 0 atom stereocenters. The van der Waals surface area contributed by atoms with Crippen LogP contribution in [0.1, 0.15) is 16.7 Å². The summed E-state index contributed by atoms with van der Waals surface area (Å²) in [6, 6.07) is 15.0. The molecule has 0 saturated carbocycles. The number of nitrogens with zero attached hydrogens (tertiary/aromatic N) is 6. The smallest absolute Gasteiger partial charge is 0.231 e. The van der Waals surface area contributed by atoms with Crippen molar-refractivity contribution in [2.45, 2.75) is 12.8 Å². The average molecular weight is 504 g/mol. The van der Waals surface area contributed by atoms with Crippen LogP contribution in [0.25, 0.3) is 11.3 Å². The zero-order chi connectivity index (χ0) is 24.5. The standard InChI is InChI=1S/C25H19Cl2N7O/c1-33-24(20(27)14-30-33)32-25-29-8-6-21(31-25)17-10-16-7-9-34(23(16)18(11-17)13-28)22(35)12-15-4-2-3-5-19(15)26/h2-6,8,10-11,14H,7,9,12H2,1H3,(H,29,31,32). The van der Waals surface area contributed by atoms with Gasteiger partial charge in [0.1, 0.15) is 16.9 Å². The summed E-state index contributed by atoms with van der Waals surface area (Å²) in [5.74, 6) is 0.828. The molecule has 1 aliphatic heterocycles. The Bertz CT molecular complexity index is 1470. The van der Waals surface area contributed by atoms with Gasteiger partial charge in [-0.3, -0.25) is 9.48 Å². The number of fused-ring (bicyclic) bond motifs is 1. The molecule has 5 rings (SSSR count). The second-order valence-electron chi connectivity index (χ2n) is 8.06. The van der Waals surface area contributed by atoms with Crippen LogP contribution in [0.4, 0.5) is 17.5 Å². The maximum absolute atomic E-state index is 13.1. The van der Waals surface area contributed by atoms with Crippen LogP contribution in [0, 0.1) is 11.3 Å². The number of nitriles is 1. The summed E-state index contributed by atoms with van der Waals surface area (Å²) in [5, 5.41) is 18.1. The molecule has 174 valence electrons. The van der Waals surface area contributed by atoms with Crippen molar-refractivity contribution in [1.29, 1.82) is 5.26 Å². The first kappa shape index (κ1) is 22.8. The quantitative estimate of drug-likeness (QED) is 0.414. The second-order valence-corrected chi connectivity index (χ2v) is 8.88. The number of nitrogens with one attached hydrogen (secondary N) is 1. The number of hydrogen-bond donors (Lipinski definition) is 1. The Morgan fingerprint density at radius 1 is 1.20 bits per heavy atom. The van der Waals surface area contributed by atoms with Gasteiger partial charge >= 0.3 is 0 Å². The van der Waals surface area contributed by atoms with Crippen molar-refractivity contribution in [3.8, 4) is 17.3 Å². The molecule has 0 bridgehead atoms. The molecule has 0 radical (unpaired) electrons. The van der Waals surface area contributed by atoms with Crippen LogP contribution in [0.15, 0.2) is 54.9 Å². The lowest BCUT2D eigenvalue weighted by Crippen LogP contribution is -2.31. The van der Waals surface area contributed by atoms with Crippen LogP contribution in [0.3, 0.4) is 0 Å². The van der Waals surface area contributed by atoms with Crippen LogP contribution in [0.5, 0.6) is 0 Å². The van der Waals surface area contributed by atoms with E-state index < -0.39 is 0 Å².